The van der Waals surface area contributed by atoms with Crippen LogP contribution < -0.4 is 5.32 Å². The maximum atomic E-state index is 4.24. The average Bonchev–Trinajstić information content (AvgIpc) is 2.38. The molecule has 0 unspecified atom stereocenters. The van der Waals surface area contributed by atoms with Crippen molar-refractivity contribution < 1.29 is 0 Å². The molecule has 0 spiro atoms. The van der Waals surface area contributed by atoms with Crippen molar-refractivity contribution in [3.8, 4) is 0 Å². The topological polar surface area (TPSA) is 12.0 Å². The monoisotopic (exact) mass is 237 g/mol. The quantitative estimate of drug-likeness (QED) is 0.593. The first-order valence-corrected chi connectivity index (χ1v) is 7.70. The zero-order chi connectivity index (χ0) is 12.5. The van der Waals surface area contributed by atoms with Crippen LogP contribution in [0.3, 0.4) is 0 Å². The summed E-state index contributed by atoms with van der Waals surface area (Å²) in [6.45, 7) is 9.96. The lowest BCUT2D eigenvalue weighted by molar-refractivity contribution is 0.288. The Labute approximate surface area is 108 Å². The van der Waals surface area contributed by atoms with E-state index in [4.69, 9.17) is 0 Å². The van der Waals surface area contributed by atoms with Crippen molar-refractivity contribution in [1.82, 2.24) is 5.32 Å². The summed E-state index contributed by atoms with van der Waals surface area (Å²) in [5.74, 6) is 1.74. The van der Waals surface area contributed by atoms with Gasteiger partial charge >= 0.3 is 0 Å². The number of nitrogens with one attached hydrogen (secondary N) is 1. The molecule has 1 saturated carbocycles. The summed E-state index contributed by atoms with van der Waals surface area (Å²) in [7, 11) is 0. The molecule has 17 heavy (non-hydrogen) atoms. The molecule has 0 saturated heterocycles. The fourth-order valence-corrected chi connectivity index (χ4v) is 2.86. The highest BCUT2D eigenvalue weighted by Gasteiger charge is 2.21. The molecule has 0 atom stereocenters. The molecule has 0 amide bonds. The molecular weight excluding hydrogens is 206 g/mol. The molecule has 1 nitrogen and oxygen atoms in total. The third-order valence-electron chi connectivity index (χ3n) is 4.30. The Balaban J connectivity index is 2.08. The van der Waals surface area contributed by atoms with Crippen molar-refractivity contribution >= 4 is 0 Å². The van der Waals surface area contributed by atoms with Gasteiger partial charge in [0.05, 0.1) is 0 Å². The van der Waals surface area contributed by atoms with Crippen molar-refractivity contribution in [2.75, 3.05) is 6.54 Å². The highest BCUT2D eigenvalue weighted by molar-refractivity contribution is 4.99. The Morgan fingerprint density at radius 3 is 2.35 bits per heavy atom. The first kappa shape index (κ1) is 14.6. The van der Waals surface area contributed by atoms with E-state index >= 15 is 0 Å². The van der Waals surface area contributed by atoms with Crippen molar-refractivity contribution in [1.29, 1.82) is 0 Å². The molecule has 1 aliphatic rings. The van der Waals surface area contributed by atoms with E-state index in [0.717, 1.165) is 18.4 Å². The zero-order valence-electron chi connectivity index (χ0n) is 11.9. The van der Waals surface area contributed by atoms with Gasteiger partial charge in [-0.05, 0) is 43.9 Å². The van der Waals surface area contributed by atoms with Crippen LogP contribution in [0.4, 0.5) is 0 Å². The van der Waals surface area contributed by atoms with Gasteiger partial charge in [0.25, 0.3) is 0 Å². The molecule has 1 fully saturated rings. The lowest BCUT2D eigenvalue weighted by Crippen LogP contribution is -2.24. The van der Waals surface area contributed by atoms with Crippen molar-refractivity contribution in [2.24, 2.45) is 11.8 Å². The minimum Gasteiger partial charge on any atom is -0.389 e. The van der Waals surface area contributed by atoms with Crippen molar-refractivity contribution in [3.05, 3.63) is 12.3 Å². The summed E-state index contributed by atoms with van der Waals surface area (Å²) in [5, 5.41) is 3.55. The molecule has 0 aromatic carbocycles. The van der Waals surface area contributed by atoms with Crippen LogP contribution in [0.2, 0.25) is 0 Å². The highest BCUT2D eigenvalue weighted by atomic mass is 14.9. The van der Waals surface area contributed by atoms with Crippen molar-refractivity contribution in [3.63, 3.8) is 0 Å². The Morgan fingerprint density at radius 2 is 1.76 bits per heavy atom. The number of rotatable bonds is 8. The molecule has 100 valence electrons. The van der Waals surface area contributed by atoms with Crippen LogP contribution >= 0.6 is 0 Å². The van der Waals surface area contributed by atoms with E-state index in [2.05, 4.69) is 25.7 Å². The van der Waals surface area contributed by atoms with Gasteiger partial charge in [-0.1, -0.05) is 46.1 Å². The van der Waals surface area contributed by atoms with Gasteiger partial charge in [-0.2, -0.15) is 0 Å². The number of hydrogen-bond acceptors (Lipinski definition) is 1. The molecule has 1 aliphatic carbocycles. The van der Waals surface area contributed by atoms with Gasteiger partial charge in [0.15, 0.2) is 0 Å². The number of hydrogen-bond donors (Lipinski definition) is 1. The minimum atomic E-state index is 0.754. The largest absolute Gasteiger partial charge is 0.389 e. The predicted octanol–water partition coefficient (Wildman–Crippen LogP) is 4.89. The zero-order valence-corrected chi connectivity index (χ0v) is 11.9. The summed E-state index contributed by atoms with van der Waals surface area (Å²) < 4.78 is 0. The molecule has 0 aliphatic heterocycles. The molecule has 0 bridgehead atoms. The van der Waals surface area contributed by atoms with E-state index in [0.29, 0.717) is 0 Å². The summed E-state index contributed by atoms with van der Waals surface area (Å²) in [4.78, 5) is 0. The average molecular weight is 237 g/mol. The molecule has 1 heteroatoms. The lowest BCUT2D eigenvalue weighted by Gasteiger charge is -2.29. The van der Waals surface area contributed by atoms with Gasteiger partial charge in [0, 0.05) is 12.2 Å². The molecule has 1 rings (SSSR count). The third-order valence-corrected chi connectivity index (χ3v) is 4.30. The standard InChI is InChI=1S/C16H31N/c1-4-6-7-8-13-17-14(3)16-11-9-15(5-2)10-12-16/h15-17H,3-13H2,1-2H3. The van der Waals surface area contributed by atoms with E-state index in [1.807, 2.05) is 0 Å². The van der Waals surface area contributed by atoms with E-state index in [1.165, 1.54) is 63.5 Å². The van der Waals surface area contributed by atoms with E-state index in [1.54, 1.807) is 0 Å². The number of unbranched alkanes of at least 4 members (excludes halogenated alkanes) is 3. The van der Waals surface area contributed by atoms with Crippen LogP contribution in [0, 0.1) is 11.8 Å². The second-order valence-electron chi connectivity index (χ2n) is 5.64. The van der Waals surface area contributed by atoms with Crippen molar-refractivity contribution in [2.45, 2.75) is 71.6 Å². The van der Waals surface area contributed by atoms with E-state index in [-0.39, 0.29) is 0 Å². The predicted molar refractivity (Wildman–Crippen MR) is 77.0 cm³/mol. The molecule has 0 heterocycles. The molecule has 0 aromatic heterocycles. The van der Waals surface area contributed by atoms with Gasteiger partial charge in [-0.25, -0.2) is 0 Å². The molecule has 1 N–H and O–H groups in total. The van der Waals surface area contributed by atoms with Gasteiger partial charge in [0.1, 0.15) is 0 Å². The van der Waals surface area contributed by atoms with E-state index in [9.17, 15) is 0 Å². The Bertz CT molecular complexity index is 202. The van der Waals surface area contributed by atoms with Crippen LogP contribution in [-0.4, -0.2) is 6.54 Å². The third kappa shape index (κ3) is 5.61. The maximum Gasteiger partial charge on any atom is 0.0143 e. The lowest BCUT2D eigenvalue weighted by atomic mass is 9.79. The summed E-state index contributed by atoms with van der Waals surface area (Å²) in [5.41, 5.74) is 1.32. The first-order chi connectivity index (χ1) is 8.27. The second-order valence-corrected chi connectivity index (χ2v) is 5.64. The van der Waals surface area contributed by atoms with Gasteiger partial charge in [-0.3, -0.25) is 0 Å². The fraction of sp³-hybridized carbons (Fsp3) is 0.875. The molecular formula is C16H31N. The van der Waals surface area contributed by atoms with Crippen LogP contribution in [0.25, 0.3) is 0 Å². The smallest absolute Gasteiger partial charge is 0.0143 e. The fourth-order valence-electron chi connectivity index (χ4n) is 2.86. The Kier molecular flexibility index (Phi) is 7.39. The second kappa shape index (κ2) is 8.60. The summed E-state index contributed by atoms with van der Waals surface area (Å²) in [6, 6.07) is 0. The maximum absolute atomic E-state index is 4.24. The highest BCUT2D eigenvalue weighted by Crippen LogP contribution is 2.33. The van der Waals surface area contributed by atoms with Gasteiger partial charge < -0.3 is 5.32 Å². The van der Waals surface area contributed by atoms with Crippen LogP contribution in [-0.2, 0) is 0 Å². The minimum absolute atomic E-state index is 0.754. The van der Waals surface area contributed by atoms with Crippen LogP contribution in [0.15, 0.2) is 12.3 Å². The summed E-state index contributed by atoms with van der Waals surface area (Å²) >= 11 is 0. The van der Waals surface area contributed by atoms with Gasteiger partial charge in [0.2, 0.25) is 0 Å². The Hall–Kier alpha value is -0.460. The van der Waals surface area contributed by atoms with Gasteiger partial charge in [-0.15, -0.1) is 0 Å². The first-order valence-electron chi connectivity index (χ1n) is 7.70. The van der Waals surface area contributed by atoms with E-state index < -0.39 is 0 Å². The normalized spacial score (nSPS) is 24.6. The SMILES string of the molecule is C=C(NCCCCCC)C1CCC(CC)CC1. The summed E-state index contributed by atoms with van der Waals surface area (Å²) in [6.07, 6.45) is 12.3. The van der Waals surface area contributed by atoms with Crippen LogP contribution in [0.5, 0.6) is 0 Å². The number of allylic oxidation sites excluding steroid dienone is 1. The Morgan fingerprint density at radius 1 is 1.06 bits per heavy atom. The molecule has 0 radical (unpaired) electrons. The molecule has 0 aromatic rings. The van der Waals surface area contributed by atoms with Crippen LogP contribution in [0.1, 0.15) is 71.6 Å².